The molecular weight excluding hydrogens is 473 g/mol. The number of nitrogens with zero attached hydrogens (tertiary/aromatic N) is 1. The number of nitrogens with one attached hydrogen (secondary N) is 2. The Morgan fingerprint density at radius 3 is 2.81 bits per heavy atom. The van der Waals surface area contributed by atoms with Crippen LogP contribution in [0.15, 0.2) is 18.2 Å². The molecule has 0 saturated carbocycles. The molecule has 1 aromatic rings. The largest absolute Gasteiger partial charge is 0.382 e. The number of hydrogen-bond donors (Lipinski definition) is 2. The third-order valence-corrected chi connectivity index (χ3v) is 4.93. The fourth-order valence-corrected chi connectivity index (χ4v) is 3.45. The van der Waals surface area contributed by atoms with Gasteiger partial charge in [-0.3, -0.25) is 19.3 Å². The maximum atomic E-state index is 12.9. The Morgan fingerprint density at radius 2 is 2.15 bits per heavy atom. The Morgan fingerprint density at radius 1 is 1.38 bits per heavy atom. The minimum Gasteiger partial charge on any atom is -0.382 e. The van der Waals surface area contributed by atoms with Crippen LogP contribution in [0.3, 0.4) is 0 Å². The van der Waals surface area contributed by atoms with E-state index in [-0.39, 0.29) is 24.0 Å². The molecule has 0 saturated heterocycles. The molecule has 1 heterocycles. The average molecular weight is 491 g/mol. The first kappa shape index (κ1) is 20.6. The standard InChI is InChI=1S/C16H18IN3O5S/c1-18-14(22)12(6-3-8-21)20-15(23)10-4-2-5-11(13(10)16(20)24)19-7-9-25-26-17/h2,4-5,8,12,19H,3,6-7,9H2,1H3,(H,18,22). The van der Waals surface area contributed by atoms with Gasteiger partial charge >= 0.3 is 0 Å². The fourth-order valence-electron chi connectivity index (χ4n) is 2.76. The number of halogens is 1. The van der Waals surface area contributed by atoms with Crippen molar-refractivity contribution in [3.63, 3.8) is 0 Å². The van der Waals surface area contributed by atoms with Crippen molar-refractivity contribution in [2.45, 2.75) is 18.9 Å². The highest BCUT2D eigenvalue weighted by Gasteiger charge is 2.43. The average Bonchev–Trinajstić information content (AvgIpc) is 2.91. The quantitative estimate of drug-likeness (QED) is 0.169. The molecular formula is C16H18IN3O5S. The molecule has 2 N–H and O–H groups in total. The maximum Gasteiger partial charge on any atom is 0.264 e. The van der Waals surface area contributed by atoms with Gasteiger partial charge in [-0.05, 0) is 18.6 Å². The van der Waals surface area contributed by atoms with Crippen LogP contribution in [0.5, 0.6) is 0 Å². The van der Waals surface area contributed by atoms with Gasteiger partial charge in [-0.25, -0.2) is 0 Å². The zero-order valence-corrected chi connectivity index (χ0v) is 17.0. The minimum atomic E-state index is -1.02. The third-order valence-electron chi connectivity index (χ3n) is 3.91. The summed E-state index contributed by atoms with van der Waals surface area (Å²) in [4.78, 5) is 49.4. The second-order valence-corrected chi connectivity index (χ2v) is 6.83. The lowest BCUT2D eigenvalue weighted by molar-refractivity contribution is -0.124. The van der Waals surface area contributed by atoms with Gasteiger partial charge in [-0.15, -0.1) is 0 Å². The Labute approximate surface area is 167 Å². The highest BCUT2D eigenvalue weighted by molar-refractivity contribution is 14.2. The number of hydrogen-bond acceptors (Lipinski definition) is 7. The van der Waals surface area contributed by atoms with Gasteiger partial charge in [0.05, 0.1) is 26.9 Å². The molecule has 8 nitrogen and oxygen atoms in total. The van der Waals surface area contributed by atoms with Crippen molar-refractivity contribution < 1.29 is 23.4 Å². The summed E-state index contributed by atoms with van der Waals surface area (Å²) in [6.45, 7) is 0.876. The maximum absolute atomic E-state index is 12.9. The number of carbonyl (C=O) groups excluding carboxylic acids is 4. The molecule has 10 heteroatoms. The zero-order chi connectivity index (χ0) is 19.1. The first-order valence-electron chi connectivity index (χ1n) is 7.87. The lowest BCUT2D eigenvalue weighted by atomic mass is 10.1. The second kappa shape index (κ2) is 9.88. The van der Waals surface area contributed by atoms with E-state index in [0.29, 0.717) is 25.1 Å². The van der Waals surface area contributed by atoms with Gasteiger partial charge in [-0.2, -0.15) is 0 Å². The van der Waals surface area contributed by atoms with Crippen LogP contribution < -0.4 is 10.6 Å². The lowest BCUT2D eigenvalue weighted by Crippen LogP contribution is -2.48. The lowest BCUT2D eigenvalue weighted by Gasteiger charge is -2.24. The number of amides is 3. The van der Waals surface area contributed by atoms with E-state index >= 15 is 0 Å². The van der Waals surface area contributed by atoms with Crippen LogP contribution in [0.1, 0.15) is 33.6 Å². The summed E-state index contributed by atoms with van der Waals surface area (Å²) >= 11 is 2.01. The molecule has 3 amide bonds. The molecule has 1 aliphatic rings. The van der Waals surface area contributed by atoms with Crippen molar-refractivity contribution in [1.29, 1.82) is 0 Å². The van der Waals surface area contributed by atoms with Crippen LogP contribution >= 0.6 is 30.4 Å². The molecule has 140 valence electrons. The van der Waals surface area contributed by atoms with E-state index in [9.17, 15) is 19.2 Å². The first-order valence-corrected chi connectivity index (χ1v) is 11.2. The van der Waals surface area contributed by atoms with Gasteiger partial charge in [0.2, 0.25) is 5.91 Å². The number of likely N-dealkylation sites (N-methyl/N-ethyl adjacent to an activating group) is 1. The SMILES string of the molecule is CNC(=O)C(CCC=O)N1C(=O)c2cccc(NCCOSI)c2C1=O. The normalized spacial score (nSPS) is 14.2. The van der Waals surface area contributed by atoms with Crippen LogP contribution in [-0.2, 0) is 13.8 Å². The Bertz CT molecular complexity index is 715. The van der Waals surface area contributed by atoms with Crippen LogP contribution in [0.25, 0.3) is 0 Å². The molecule has 0 spiro atoms. The number of carbonyl (C=O) groups is 4. The van der Waals surface area contributed by atoms with Gasteiger partial charge in [0, 0.05) is 46.9 Å². The molecule has 0 bridgehead atoms. The van der Waals surface area contributed by atoms with E-state index in [0.717, 1.165) is 4.90 Å². The van der Waals surface area contributed by atoms with Crippen LogP contribution in [0.2, 0.25) is 0 Å². The van der Waals surface area contributed by atoms with E-state index in [1.54, 1.807) is 18.2 Å². The predicted molar refractivity (Wildman–Crippen MR) is 106 cm³/mol. The van der Waals surface area contributed by atoms with Crippen molar-refractivity contribution in [3.8, 4) is 0 Å². The van der Waals surface area contributed by atoms with E-state index in [2.05, 4.69) is 10.6 Å². The number of imide groups is 1. The van der Waals surface area contributed by atoms with Gasteiger partial charge in [0.1, 0.15) is 12.3 Å². The van der Waals surface area contributed by atoms with Crippen LogP contribution in [0.4, 0.5) is 5.69 Å². The number of fused-ring (bicyclic) bond motifs is 1. The van der Waals surface area contributed by atoms with E-state index in [1.165, 1.54) is 16.3 Å². The monoisotopic (exact) mass is 491 g/mol. The number of anilines is 1. The van der Waals surface area contributed by atoms with Crippen LogP contribution in [-0.4, -0.2) is 55.1 Å². The summed E-state index contributed by atoms with van der Waals surface area (Å²) in [6, 6.07) is 3.90. The minimum absolute atomic E-state index is 0.0713. The van der Waals surface area contributed by atoms with Crippen molar-refractivity contribution in [2.75, 3.05) is 25.5 Å². The van der Waals surface area contributed by atoms with Crippen molar-refractivity contribution in [2.24, 2.45) is 0 Å². The molecule has 26 heavy (non-hydrogen) atoms. The molecule has 0 radical (unpaired) electrons. The van der Waals surface area contributed by atoms with Gasteiger partial charge < -0.3 is 19.6 Å². The summed E-state index contributed by atoms with van der Waals surface area (Å²) < 4.78 is 5.16. The molecule has 1 aromatic carbocycles. The Hall–Kier alpha value is -1.66. The molecule has 0 fully saturated rings. The molecule has 1 aliphatic heterocycles. The smallest absolute Gasteiger partial charge is 0.264 e. The second-order valence-electron chi connectivity index (χ2n) is 5.39. The zero-order valence-electron chi connectivity index (χ0n) is 14.0. The summed E-state index contributed by atoms with van der Waals surface area (Å²) in [5, 5.41) is 5.52. The van der Waals surface area contributed by atoms with Crippen molar-refractivity contribution in [3.05, 3.63) is 29.3 Å². The van der Waals surface area contributed by atoms with E-state index in [1.807, 2.05) is 21.2 Å². The van der Waals surface area contributed by atoms with Crippen molar-refractivity contribution >= 4 is 60.1 Å². The number of benzene rings is 1. The Kier molecular flexibility index (Phi) is 7.85. The fraction of sp³-hybridized carbons (Fsp3) is 0.375. The highest BCUT2D eigenvalue weighted by Crippen LogP contribution is 2.31. The molecule has 0 aromatic heterocycles. The molecule has 2 rings (SSSR count). The van der Waals surface area contributed by atoms with Gasteiger partial charge in [0.25, 0.3) is 11.8 Å². The Balaban J connectivity index is 2.29. The topological polar surface area (TPSA) is 105 Å². The summed E-state index contributed by atoms with van der Waals surface area (Å²) in [5.41, 5.74) is 0.986. The molecule has 1 atom stereocenters. The molecule has 1 unspecified atom stereocenters. The van der Waals surface area contributed by atoms with E-state index in [4.69, 9.17) is 4.18 Å². The number of rotatable bonds is 10. The van der Waals surface area contributed by atoms with Gasteiger partial charge in [-0.1, -0.05) is 6.07 Å². The van der Waals surface area contributed by atoms with Crippen molar-refractivity contribution in [1.82, 2.24) is 10.2 Å². The van der Waals surface area contributed by atoms with Gasteiger partial charge in [0.15, 0.2) is 0 Å². The van der Waals surface area contributed by atoms with Crippen LogP contribution in [0, 0.1) is 0 Å². The summed E-state index contributed by atoms with van der Waals surface area (Å²) in [7, 11) is 2.63. The highest BCUT2D eigenvalue weighted by atomic mass is 127. The summed E-state index contributed by atoms with van der Waals surface area (Å²) in [6.07, 6.45) is 0.812. The third kappa shape index (κ3) is 4.35. The molecule has 0 aliphatic carbocycles. The predicted octanol–water partition coefficient (Wildman–Crippen LogP) is 1.80. The number of aldehydes is 1. The summed E-state index contributed by atoms with van der Waals surface area (Å²) in [5.74, 6) is -1.56. The van der Waals surface area contributed by atoms with E-state index < -0.39 is 23.8 Å². The first-order chi connectivity index (χ1) is 12.6.